The zero-order valence-electron chi connectivity index (χ0n) is 19.0. The summed E-state index contributed by atoms with van der Waals surface area (Å²) in [5.74, 6) is 2.47. The van der Waals surface area contributed by atoms with Crippen LogP contribution in [0, 0.1) is 0 Å². The highest BCUT2D eigenvalue weighted by atomic mass is 16.5. The largest absolute Gasteiger partial charge is 0.497 e. The van der Waals surface area contributed by atoms with Crippen LogP contribution in [0.25, 0.3) is 17.2 Å². The van der Waals surface area contributed by atoms with Gasteiger partial charge in [0.25, 0.3) is 0 Å². The van der Waals surface area contributed by atoms with Gasteiger partial charge in [-0.15, -0.1) is 5.10 Å². The smallest absolute Gasteiger partial charge is 0.321 e. The Hall–Kier alpha value is -4.26. The number of ether oxygens (including phenoxy) is 2. The fourth-order valence-corrected chi connectivity index (χ4v) is 3.94. The molecular formula is C27H25N5O2. The van der Waals surface area contributed by atoms with Crippen LogP contribution in [-0.2, 0) is 0 Å². The molecule has 2 aromatic carbocycles. The second kappa shape index (κ2) is 10.1. The topological polar surface area (TPSA) is 73.3 Å². The van der Waals surface area contributed by atoms with Gasteiger partial charge in [0.2, 0.25) is 0 Å². The third-order valence-corrected chi connectivity index (χ3v) is 5.78. The molecule has 170 valence electrons. The highest BCUT2D eigenvalue weighted by Gasteiger charge is 2.15. The second-order valence-corrected chi connectivity index (χ2v) is 8.03. The first-order valence-corrected chi connectivity index (χ1v) is 11.2. The maximum absolute atomic E-state index is 5.92. The van der Waals surface area contributed by atoms with Crippen LogP contribution in [-0.4, -0.2) is 40.4 Å². The Balaban J connectivity index is 1.22. The summed E-state index contributed by atoms with van der Waals surface area (Å²) in [5, 5.41) is 8.20. The molecule has 1 aliphatic rings. The van der Waals surface area contributed by atoms with E-state index in [0.29, 0.717) is 11.8 Å². The molecule has 1 fully saturated rings. The van der Waals surface area contributed by atoms with Crippen molar-refractivity contribution >= 4 is 11.9 Å². The molecule has 2 aromatic heterocycles. The van der Waals surface area contributed by atoms with Gasteiger partial charge >= 0.3 is 6.01 Å². The highest BCUT2D eigenvalue weighted by molar-refractivity contribution is 5.62. The standard InChI is InChI=1S/C27H25N5O2/c1-33-24-9-7-22(8-10-24)23-18-28-27(29-19-23)34-25-5-2-4-21(17-25)16-20-11-14-32(15-12-20)26-6-3-13-30-31-26/h2-10,13,16-19H,11-12,14-15H2,1H3. The van der Waals surface area contributed by atoms with Crippen LogP contribution in [0.15, 0.2) is 84.8 Å². The number of aromatic nitrogens is 4. The van der Waals surface area contributed by atoms with Crippen LogP contribution in [0.4, 0.5) is 5.82 Å². The third-order valence-electron chi connectivity index (χ3n) is 5.78. The third kappa shape index (κ3) is 5.20. The van der Waals surface area contributed by atoms with Crippen LogP contribution in [0.3, 0.4) is 0 Å². The number of methoxy groups -OCH3 is 1. The van der Waals surface area contributed by atoms with Gasteiger partial charge in [0.1, 0.15) is 11.5 Å². The van der Waals surface area contributed by atoms with Gasteiger partial charge in [0, 0.05) is 37.2 Å². The van der Waals surface area contributed by atoms with Crippen LogP contribution in [0.1, 0.15) is 18.4 Å². The average molecular weight is 452 g/mol. The van der Waals surface area contributed by atoms with Crippen LogP contribution < -0.4 is 14.4 Å². The summed E-state index contributed by atoms with van der Waals surface area (Å²) in [5.41, 5.74) is 4.46. The van der Waals surface area contributed by atoms with Crippen molar-refractivity contribution in [2.45, 2.75) is 12.8 Å². The minimum Gasteiger partial charge on any atom is -0.497 e. The van der Waals surface area contributed by atoms with Crippen molar-refractivity contribution in [2.75, 3.05) is 25.1 Å². The van der Waals surface area contributed by atoms with Crippen molar-refractivity contribution in [1.29, 1.82) is 0 Å². The van der Waals surface area contributed by atoms with E-state index in [-0.39, 0.29) is 0 Å². The molecule has 1 aliphatic heterocycles. The number of rotatable bonds is 6. The lowest BCUT2D eigenvalue weighted by atomic mass is 10.0. The van der Waals surface area contributed by atoms with E-state index in [1.807, 2.05) is 54.6 Å². The van der Waals surface area contributed by atoms with Gasteiger partial charge in [-0.2, -0.15) is 5.10 Å². The van der Waals surface area contributed by atoms with Gasteiger partial charge in [-0.05, 0) is 60.4 Å². The Morgan fingerprint density at radius 2 is 1.65 bits per heavy atom. The van der Waals surface area contributed by atoms with E-state index in [0.717, 1.165) is 54.2 Å². The first-order chi connectivity index (χ1) is 16.8. The van der Waals surface area contributed by atoms with Gasteiger partial charge in [-0.1, -0.05) is 35.9 Å². The van der Waals surface area contributed by atoms with Crippen molar-refractivity contribution in [3.05, 3.63) is 90.4 Å². The number of hydrogen-bond acceptors (Lipinski definition) is 7. The lowest BCUT2D eigenvalue weighted by molar-refractivity contribution is 0.415. The van der Waals surface area contributed by atoms with Crippen molar-refractivity contribution in [2.24, 2.45) is 0 Å². The quantitative estimate of drug-likeness (QED) is 0.388. The minimum atomic E-state index is 0.319. The van der Waals surface area contributed by atoms with E-state index >= 15 is 0 Å². The Morgan fingerprint density at radius 1 is 0.853 bits per heavy atom. The predicted molar refractivity (Wildman–Crippen MR) is 132 cm³/mol. The zero-order valence-corrected chi connectivity index (χ0v) is 19.0. The van der Waals surface area contributed by atoms with E-state index in [9.17, 15) is 0 Å². The second-order valence-electron chi connectivity index (χ2n) is 8.03. The highest BCUT2D eigenvalue weighted by Crippen LogP contribution is 2.26. The Kier molecular flexibility index (Phi) is 6.42. The lowest BCUT2D eigenvalue weighted by Gasteiger charge is -2.29. The first kappa shape index (κ1) is 21.6. The molecular weight excluding hydrogens is 426 g/mol. The van der Waals surface area contributed by atoms with Crippen molar-refractivity contribution in [3.63, 3.8) is 0 Å². The minimum absolute atomic E-state index is 0.319. The molecule has 0 radical (unpaired) electrons. The molecule has 1 saturated heterocycles. The fourth-order valence-electron chi connectivity index (χ4n) is 3.94. The summed E-state index contributed by atoms with van der Waals surface area (Å²) < 4.78 is 11.1. The maximum Gasteiger partial charge on any atom is 0.321 e. The number of hydrogen-bond donors (Lipinski definition) is 0. The number of benzene rings is 2. The van der Waals surface area contributed by atoms with Crippen LogP contribution in [0.5, 0.6) is 17.5 Å². The van der Waals surface area contributed by atoms with Gasteiger partial charge in [0.05, 0.1) is 7.11 Å². The maximum atomic E-state index is 5.92. The fraction of sp³-hybridized carbons (Fsp3) is 0.185. The number of piperidine rings is 1. The lowest BCUT2D eigenvalue weighted by Crippen LogP contribution is -2.31. The number of anilines is 1. The molecule has 0 N–H and O–H groups in total. The molecule has 0 bridgehead atoms. The molecule has 0 spiro atoms. The molecule has 0 unspecified atom stereocenters. The summed E-state index contributed by atoms with van der Waals surface area (Å²) in [6.45, 7) is 1.88. The van der Waals surface area contributed by atoms with Crippen LogP contribution in [0.2, 0.25) is 0 Å². The molecule has 5 rings (SSSR count). The van der Waals surface area contributed by atoms with Crippen molar-refractivity contribution < 1.29 is 9.47 Å². The summed E-state index contributed by atoms with van der Waals surface area (Å²) >= 11 is 0. The van der Waals surface area contributed by atoms with E-state index < -0.39 is 0 Å². The SMILES string of the molecule is COc1ccc(-c2cnc(Oc3cccc(C=C4CCN(c5cccnn5)CC4)c3)nc2)cc1. The van der Waals surface area contributed by atoms with Crippen molar-refractivity contribution in [3.8, 4) is 28.6 Å². The van der Waals surface area contributed by atoms with Gasteiger partial charge in [-0.3, -0.25) is 0 Å². The Labute approximate surface area is 198 Å². The Bertz CT molecular complexity index is 1250. The van der Waals surface area contributed by atoms with Gasteiger partial charge in [-0.25, -0.2) is 9.97 Å². The van der Waals surface area contributed by atoms with Crippen LogP contribution >= 0.6 is 0 Å². The zero-order chi connectivity index (χ0) is 23.2. The molecule has 0 aliphatic carbocycles. The van der Waals surface area contributed by atoms with E-state index in [1.165, 1.54) is 5.57 Å². The molecule has 0 amide bonds. The molecule has 7 nitrogen and oxygen atoms in total. The molecule has 34 heavy (non-hydrogen) atoms. The van der Waals surface area contributed by atoms with E-state index in [4.69, 9.17) is 9.47 Å². The molecule has 4 aromatic rings. The van der Waals surface area contributed by atoms with Gasteiger partial charge in [0.15, 0.2) is 5.82 Å². The number of nitrogens with zero attached hydrogens (tertiary/aromatic N) is 5. The summed E-state index contributed by atoms with van der Waals surface area (Å²) in [4.78, 5) is 11.0. The summed E-state index contributed by atoms with van der Waals surface area (Å²) in [6, 6.07) is 20.0. The summed E-state index contributed by atoms with van der Waals surface area (Å²) in [6.07, 6.45) is 9.47. The van der Waals surface area contributed by atoms with Crippen molar-refractivity contribution in [1.82, 2.24) is 20.2 Å². The van der Waals surface area contributed by atoms with E-state index in [2.05, 4.69) is 37.2 Å². The van der Waals surface area contributed by atoms with E-state index in [1.54, 1.807) is 25.7 Å². The molecule has 3 heterocycles. The van der Waals surface area contributed by atoms with Gasteiger partial charge < -0.3 is 14.4 Å². The molecule has 7 heteroatoms. The normalized spacial score (nSPS) is 13.4. The molecule has 0 atom stereocenters. The molecule has 0 saturated carbocycles. The monoisotopic (exact) mass is 451 g/mol. The first-order valence-electron chi connectivity index (χ1n) is 11.2. The Morgan fingerprint density at radius 3 is 2.35 bits per heavy atom. The summed E-state index contributed by atoms with van der Waals surface area (Å²) in [7, 11) is 1.65. The predicted octanol–water partition coefficient (Wildman–Crippen LogP) is 5.42. The average Bonchev–Trinajstić information content (AvgIpc) is 2.90.